The smallest absolute Gasteiger partial charge is 0.316 e. The van der Waals surface area contributed by atoms with Crippen molar-refractivity contribution in [2.45, 2.75) is 0 Å². The Kier molecular flexibility index (Phi) is 6.34. The van der Waals surface area contributed by atoms with E-state index in [2.05, 4.69) is 29.2 Å². The lowest BCUT2D eigenvalue weighted by Gasteiger charge is -2.32. The number of hydrogen-bond donors (Lipinski definition) is 1. The van der Waals surface area contributed by atoms with Crippen LogP contribution in [0.1, 0.15) is 0 Å². The van der Waals surface area contributed by atoms with Crippen LogP contribution in [0.3, 0.4) is 0 Å². The van der Waals surface area contributed by atoms with Gasteiger partial charge in [0, 0.05) is 5.02 Å². The maximum Gasteiger partial charge on any atom is 0.316 e. The summed E-state index contributed by atoms with van der Waals surface area (Å²) in [6.45, 7) is 3.65. The molecule has 0 atom stereocenters. The summed E-state index contributed by atoms with van der Waals surface area (Å²) in [5.41, 5.74) is 3.26. The zero-order valence-corrected chi connectivity index (χ0v) is 19.7. The first kappa shape index (κ1) is 22.2. The molecular formula is C27H26ClN4O2+. The lowest BCUT2D eigenvalue weighted by Crippen LogP contribution is -3.12. The van der Waals surface area contributed by atoms with Crippen molar-refractivity contribution in [1.29, 1.82) is 0 Å². The first-order valence-corrected chi connectivity index (χ1v) is 11.7. The quantitative estimate of drug-likeness (QED) is 0.480. The van der Waals surface area contributed by atoms with E-state index in [4.69, 9.17) is 16.3 Å². The normalized spacial score (nSPS) is 14.2. The van der Waals surface area contributed by atoms with E-state index in [1.54, 1.807) is 30.5 Å². The van der Waals surface area contributed by atoms with Crippen molar-refractivity contribution < 1.29 is 9.64 Å². The Hall–Kier alpha value is -3.61. The molecule has 34 heavy (non-hydrogen) atoms. The molecule has 6 nitrogen and oxygen atoms in total. The molecule has 2 heterocycles. The third-order valence-electron chi connectivity index (χ3n) is 6.12. The number of hydrogen-bond acceptors (Lipinski definition) is 4. The third-order valence-corrected chi connectivity index (χ3v) is 6.38. The van der Waals surface area contributed by atoms with Crippen LogP contribution in [-0.2, 0) is 0 Å². The summed E-state index contributed by atoms with van der Waals surface area (Å²) in [6, 6.07) is 25.0. The maximum atomic E-state index is 13.6. The van der Waals surface area contributed by atoms with Crippen molar-refractivity contribution in [2.75, 3.05) is 38.1 Å². The average Bonchev–Trinajstić information content (AvgIpc) is 2.87. The number of nitrogens with one attached hydrogen (secondary N) is 1. The lowest BCUT2D eigenvalue weighted by molar-refractivity contribution is -0.880. The van der Waals surface area contributed by atoms with Crippen LogP contribution in [0.2, 0.25) is 5.02 Å². The molecule has 1 saturated heterocycles. The van der Waals surface area contributed by atoms with Crippen molar-refractivity contribution in [3.05, 3.63) is 100 Å². The van der Waals surface area contributed by atoms with Gasteiger partial charge in [-0.1, -0.05) is 54.1 Å². The standard InChI is InChI=1S/C27H25ClN4O2/c1-30-15-17-31(18-16-30)25-19-29-32(23-11-9-22(28)10-12-23)27(33)26(25)34-24-13-7-21(8-14-24)20-5-3-2-4-6-20/h2-14,19H,15-18H2,1H3/p+1. The van der Waals surface area contributed by atoms with E-state index < -0.39 is 0 Å². The first-order valence-electron chi connectivity index (χ1n) is 11.4. The largest absolute Gasteiger partial charge is 0.449 e. The Balaban J connectivity index is 1.52. The second-order valence-corrected chi connectivity index (χ2v) is 8.93. The molecule has 172 valence electrons. The van der Waals surface area contributed by atoms with Crippen LogP contribution in [0.15, 0.2) is 89.9 Å². The fourth-order valence-electron chi connectivity index (χ4n) is 4.11. The molecule has 5 rings (SSSR count). The highest BCUT2D eigenvalue weighted by molar-refractivity contribution is 6.30. The van der Waals surface area contributed by atoms with E-state index >= 15 is 0 Å². The van der Waals surface area contributed by atoms with Crippen LogP contribution in [0.5, 0.6) is 11.5 Å². The summed E-state index contributed by atoms with van der Waals surface area (Å²) >= 11 is 6.03. The van der Waals surface area contributed by atoms with Gasteiger partial charge in [-0.05, 0) is 47.5 Å². The van der Waals surface area contributed by atoms with Gasteiger partial charge in [-0.25, -0.2) is 0 Å². The molecule has 0 unspecified atom stereocenters. The summed E-state index contributed by atoms with van der Waals surface area (Å²) in [4.78, 5) is 17.2. The highest BCUT2D eigenvalue weighted by Gasteiger charge is 2.24. The van der Waals surface area contributed by atoms with Crippen LogP contribution in [-0.4, -0.2) is 43.0 Å². The number of benzene rings is 3. The summed E-state index contributed by atoms with van der Waals surface area (Å²) < 4.78 is 7.61. The number of rotatable bonds is 5. The molecular weight excluding hydrogens is 448 g/mol. The van der Waals surface area contributed by atoms with Crippen LogP contribution >= 0.6 is 11.6 Å². The van der Waals surface area contributed by atoms with Crippen molar-refractivity contribution in [3.63, 3.8) is 0 Å². The van der Waals surface area contributed by atoms with Crippen LogP contribution in [0.4, 0.5) is 5.69 Å². The Morgan fingerprint density at radius 1 is 0.882 bits per heavy atom. The van der Waals surface area contributed by atoms with Crippen molar-refractivity contribution in [2.24, 2.45) is 0 Å². The number of likely N-dealkylation sites (N-methyl/N-ethyl adjacent to an activating group) is 1. The second-order valence-electron chi connectivity index (χ2n) is 8.49. The highest BCUT2D eigenvalue weighted by atomic mass is 35.5. The third kappa shape index (κ3) is 4.69. The average molecular weight is 474 g/mol. The molecule has 7 heteroatoms. The summed E-state index contributed by atoms with van der Waals surface area (Å²) in [6.07, 6.45) is 1.73. The Bertz CT molecular complexity index is 1310. The molecule has 0 radical (unpaired) electrons. The number of nitrogens with zero attached hydrogens (tertiary/aromatic N) is 3. The highest BCUT2D eigenvalue weighted by Crippen LogP contribution is 2.30. The minimum absolute atomic E-state index is 0.275. The van der Waals surface area contributed by atoms with Crippen LogP contribution in [0.25, 0.3) is 16.8 Å². The van der Waals surface area contributed by atoms with Gasteiger partial charge in [0.2, 0.25) is 5.75 Å². The monoisotopic (exact) mass is 473 g/mol. The fourth-order valence-corrected chi connectivity index (χ4v) is 4.24. The molecule has 1 aliphatic rings. The van der Waals surface area contributed by atoms with Gasteiger partial charge in [-0.15, -0.1) is 0 Å². The molecule has 0 spiro atoms. The van der Waals surface area contributed by atoms with Gasteiger partial charge in [0.05, 0.1) is 45.1 Å². The van der Waals surface area contributed by atoms with Gasteiger partial charge in [0.1, 0.15) is 11.4 Å². The number of quaternary nitrogens is 1. The minimum Gasteiger partial charge on any atom is -0.449 e. The molecule has 0 amide bonds. The number of halogens is 1. The predicted octanol–water partition coefficient (Wildman–Crippen LogP) is 3.68. The van der Waals surface area contributed by atoms with Crippen molar-refractivity contribution >= 4 is 17.3 Å². The van der Waals surface area contributed by atoms with E-state index in [9.17, 15) is 4.79 Å². The summed E-state index contributed by atoms with van der Waals surface area (Å²) in [5.74, 6) is 0.878. The molecule has 1 fully saturated rings. The van der Waals surface area contributed by atoms with Gasteiger partial charge in [-0.3, -0.25) is 4.79 Å². The summed E-state index contributed by atoms with van der Waals surface area (Å²) in [7, 11) is 2.18. The number of ether oxygens (including phenoxy) is 1. The zero-order chi connectivity index (χ0) is 23.5. The van der Waals surface area contributed by atoms with Crippen LogP contribution < -0.4 is 20.1 Å². The Morgan fingerprint density at radius 3 is 2.21 bits per heavy atom. The molecule has 1 aromatic heterocycles. The number of piperazine rings is 1. The first-order chi connectivity index (χ1) is 16.6. The molecule has 1 aliphatic heterocycles. The molecule has 3 aromatic carbocycles. The minimum atomic E-state index is -0.307. The summed E-state index contributed by atoms with van der Waals surface area (Å²) in [5, 5.41) is 5.06. The van der Waals surface area contributed by atoms with Gasteiger partial charge in [-0.2, -0.15) is 9.78 Å². The maximum absolute atomic E-state index is 13.6. The van der Waals surface area contributed by atoms with E-state index in [-0.39, 0.29) is 11.3 Å². The van der Waals surface area contributed by atoms with Crippen LogP contribution in [0, 0.1) is 0 Å². The Morgan fingerprint density at radius 2 is 1.53 bits per heavy atom. The molecule has 1 N–H and O–H groups in total. The predicted molar refractivity (Wildman–Crippen MR) is 136 cm³/mol. The number of anilines is 1. The fraction of sp³-hybridized carbons (Fsp3) is 0.185. The van der Waals surface area contributed by atoms with Gasteiger partial charge in [0.15, 0.2) is 0 Å². The topological polar surface area (TPSA) is 51.8 Å². The SMILES string of the molecule is C[NH+]1CCN(c2cnn(-c3ccc(Cl)cc3)c(=O)c2Oc2ccc(-c3ccccc3)cc2)CC1. The van der Waals surface area contributed by atoms with Gasteiger partial charge < -0.3 is 14.5 Å². The van der Waals surface area contributed by atoms with Gasteiger partial charge in [0.25, 0.3) is 0 Å². The van der Waals surface area contributed by atoms with Crippen molar-refractivity contribution in [3.8, 4) is 28.3 Å². The van der Waals surface area contributed by atoms with E-state index in [0.29, 0.717) is 16.5 Å². The molecule has 4 aromatic rings. The van der Waals surface area contributed by atoms with E-state index in [1.165, 1.54) is 9.58 Å². The molecule has 0 bridgehead atoms. The molecule has 0 aliphatic carbocycles. The molecule has 0 saturated carbocycles. The second kappa shape index (κ2) is 9.71. The van der Waals surface area contributed by atoms with E-state index in [1.807, 2.05) is 42.5 Å². The van der Waals surface area contributed by atoms with Crippen molar-refractivity contribution in [1.82, 2.24) is 9.78 Å². The van der Waals surface area contributed by atoms with E-state index in [0.717, 1.165) is 43.0 Å². The zero-order valence-electron chi connectivity index (χ0n) is 18.9. The number of aromatic nitrogens is 2. The Labute approximate surface area is 203 Å². The van der Waals surface area contributed by atoms with Gasteiger partial charge >= 0.3 is 5.56 Å². The lowest BCUT2D eigenvalue weighted by atomic mass is 10.1.